The maximum absolute atomic E-state index is 12.7. The van der Waals surface area contributed by atoms with Gasteiger partial charge in [0.25, 0.3) is 0 Å². The van der Waals surface area contributed by atoms with Crippen molar-refractivity contribution in [2.45, 2.75) is 51.0 Å². The molecule has 0 spiro atoms. The summed E-state index contributed by atoms with van der Waals surface area (Å²) in [4.78, 5) is 27.0. The Labute approximate surface area is 166 Å². The lowest BCUT2D eigenvalue weighted by atomic mass is 9.88. The third kappa shape index (κ3) is 4.29. The van der Waals surface area contributed by atoms with Crippen molar-refractivity contribution in [3.8, 4) is 0 Å². The van der Waals surface area contributed by atoms with Gasteiger partial charge < -0.3 is 15.5 Å². The summed E-state index contributed by atoms with van der Waals surface area (Å²) in [6.07, 6.45) is 7.29. The third-order valence-electron chi connectivity index (χ3n) is 6.14. The van der Waals surface area contributed by atoms with Crippen LogP contribution in [0.4, 0.5) is 10.5 Å². The predicted octanol–water partition coefficient (Wildman–Crippen LogP) is 4.53. The van der Waals surface area contributed by atoms with Crippen LogP contribution >= 0.6 is 0 Å². The second kappa shape index (κ2) is 8.63. The summed E-state index contributed by atoms with van der Waals surface area (Å²) in [5.74, 6) is 0.416. The molecule has 5 heteroatoms. The first-order chi connectivity index (χ1) is 13.7. The second-order valence-electron chi connectivity index (χ2n) is 8.06. The van der Waals surface area contributed by atoms with Crippen LogP contribution in [0.1, 0.15) is 44.9 Å². The quantitative estimate of drug-likeness (QED) is 0.823. The Morgan fingerprint density at radius 2 is 1.57 bits per heavy atom. The van der Waals surface area contributed by atoms with E-state index in [4.69, 9.17) is 0 Å². The van der Waals surface area contributed by atoms with Crippen molar-refractivity contribution in [1.82, 2.24) is 10.2 Å². The summed E-state index contributed by atoms with van der Waals surface area (Å²) in [7, 11) is 0. The number of nitrogens with zero attached hydrogens (tertiary/aromatic N) is 1. The van der Waals surface area contributed by atoms with Gasteiger partial charge in [-0.3, -0.25) is 4.79 Å². The maximum atomic E-state index is 12.7. The molecule has 148 valence electrons. The average molecular weight is 380 g/mol. The number of piperidine rings is 1. The van der Waals surface area contributed by atoms with Gasteiger partial charge >= 0.3 is 6.03 Å². The monoisotopic (exact) mass is 379 g/mol. The van der Waals surface area contributed by atoms with Crippen LogP contribution in [0.5, 0.6) is 0 Å². The maximum Gasteiger partial charge on any atom is 0.321 e. The summed E-state index contributed by atoms with van der Waals surface area (Å²) in [6, 6.07) is 14.1. The van der Waals surface area contributed by atoms with Gasteiger partial charge in [-0.2, -0.15) is 0 Å². The fourth-order valence-corrected chi connectivity index (χ4v) is 4.44. The Balaban J connectivity index is 1.29. The minimum Gasteiger partial charge on any atom is -0.353 e. The largest absolute Gasteiger partial charge is 0.353 e. The summed E-state index contributed by atoms with van der Waals surface area (Å²) in [6.45, 7) is 1.35. The van der Waals surface area contributed by atoms with Crippen molar-refractivity contribution < 1.29 is 9.59 Å². The highest BCUT2D eigenvalue weighted by molar-refractivity contribution is 6.01. The predicted molar refractivity (Wildman–Crippen MR) is 112 cm³/mol. The van der Waals surface area contributed by atoms with E-state index in [-0.39, 0.29) is 23.9 Å². The molecule has 2 aliphatic rings. The number of amides is 3. The minimum absolute atomic E-state index is 0.0617. The van der Waals surface area contributed by atoms with E-state index in [1.54, 1.807) is 0 Å². The molecule has 0 aromatic heterocycles. The Morgan fingerprint density at radius 1 is 0.857 bits per heavy atom. The summed E-state index contributed by atoms with van der Waals surface area (Å²) >= 11 is 0. The number of carbonyl (C=O) groups excluding carboxylic acids is 2. The molecule has 1 saturated heterocycles. The molecule has 0 unspecified atom stereocenters. The molecule has 2 fully saturated rings. The van der Waals surface area contributed by atoms with Gasteiger partial charge in [-0.05, 0) is 37.1 Å². The average Bonchev–Trinajstić information content (AvgIpc) is 2.75. The van der Waals surface area contributed by atoms with Crippen LogP contribution in [-0.2, 0) is 4.79 Å². The van der Waals surface area contributed by atoms with Crippen molar-refractivity contribution >= 4 is 28.4 Å². The molecule has 4 rings (SSSR count). The van der Waals surface area contributed by atoms with Gasteiger partial charge in [-0.15, -0.1) is 0 Å². The van der Waals surface area contributed by atoms with Gasteiger partial charge in [-0.25, -0.2) is 4.79 Å². The summed E-state index contributed by atoms with van der Waals surface area (Å²) in [5, 5.41) is 8.45. The van der Waals surface area contributed by atoms with E-state index in [2.05, 4.69) is 10.6 Å². The van der Waals surface area contributed by atoms with Crippen molar-refractivity contribution in [3.63, 3.8) is 0 Å². The molecule has 3 amide bonds. The van der Waals surface area contributed by atoms with Crippen LogP contribution < -0.4 is 10.6 Å². The normalized spacial score (nSPS) is 18.8. The molecule has 0 radical (unpaired) electrons. The number of hydrogen-bond acceptors (Lipinski definition) is 2. The molecule has 1 saturated carbocycles. The van der Waals surface area contributed by atoms with E-state index in [1.165, 1.54) is 19.3 Å². The Hall–Kier alpha value is -2.56. The van der Waals surface area contributed by atoms with E-state index in [1.807, 2.05) is 47.4 Å². The third-order valence-corrected chi connectivity index (χ3v) is 6.14. The fraction of sp³-hybridized carbons (Fsp3) is 0.478. The first kappa shape index (κ1) is 18.8. The zero-order valence-corrected chi connectivity index (χ0v) is 16.3. The van der Waals surface area contributed by atoms with E-state index in [0.717, 1.165) is 42.1 Å². The lowest BCUT2D eigenvalue weighted by molar-refractivity contribution is -0.126. The molecular weight excluding hydrogens is 350 g/mol. The molecule has 28 heavy (non-hydrogen) atoms. The van der Waals surface area contributed by atoms with Crippen LogP contribution in [0, 0.1) is 5.92 Å². The minimum atomic E-state index is -0.0617. The molecule has 2 N–H and O–H groups in total. The molecule has 1 heterocycles. The van der Waals surface area contributed by atoms with E-state index >= 15 is 0 Å². The molecule has 1 aliphatic heterocycles. The number of anilines is 1. The lowest BCUT2D eigenvalue weighted by Gasteiger charge is -2.33. The van der Waals surface area contributed by atoms with Gasteiger partial charge in [0.1, 0.15) is 0 Å². The van der Waals surface area contributed by atoms with Gasteiger partial charge in [0.15, 0.2) is 0 Å². The van der Waals surface area contributed by atoms with Crippen molar-refractivity contribution in [2.75, 3.05) is 18.4 Å². The van der Waals surface area contributed by atoms with E-state index < -0.39 is 0 Å². The molecule has 0 atom stereocenters. The van der Waals surface area contributed by atoms with Gasteiger partial charge in [-0.1, -0.05) is 55.7 Å². The Bertz CT molecular complexity index is 831. The Kier molecular flexibility index (Phi) is 5.79. The van der Waals surface area contributed by atoms with Crippen LogP contribution in [0.25, 0.3) is 10.8 Å². The number of hydrogen-bond donors (Lipinski definition) is 2. The zero-order valence-electron chi connectivity index (χ0n) is 16.3. The lowest BCUT2D eigenvalue weighted by Crippen LogP contribution is -2.49. The smallest absolute Gasteiger partial charge is 0.321 e. The number of carbonyl (C=O) groups is 2. The van der Waals surface area contributed by atoms with E-state index in [9.17, 15) is 9.59 Å². The highest BCUT2D eigenvalue weighted by atomic mass is 16.2. The molecular formula is C23H29N3O2. The van der Waals surface area contributed by atoms with Gasteiger partial charge in [0.2, 0.25) is 5.91 Å². The topological polar surface area (TPSA) is 61.4 Å². The standard InChI is InChI=1S/C23H29N3O2/c27-22(18-8-2-1-3-9-18)24-19-13-15-26(16-14-19)23(28)25-21-12-6-10-17-7-4-5-11-20(17)21/h4-7,10-12,18-19H,1-3,8-9,13-16H2,(H,24,27)(H,25,28). The number of rotatable bonds is 3. The first-order valence-corrected chi connectivity index (χ1v) is 10.5. The molecule has 2 aromatic carbocycles. The molecule has 1 aliphatic carbocycles. The van der Waals surface area contributed by atoms with Crippen LogP contribution in [0.2, 0.25) is 0 Å². The second-order valence-corrected chi connectivity index (χ2v) is 8.06. The highest BCUT2D eigenvalue weighted by Gasteiger charge is 2.27. The molecule has 5 nitrogen and oxygen atoms in total. The van der Waals surface area contributed by atoms with Gasteiger partial charge in [0.05, 0.1) is 5.69 Å². The van der Waals surface area contributed by atoms with Crippen LogP contribution in [-0.4, -0.2) is 36.0 Å². The first-order valence-electron chi connectivity index (χ1n) is 10.5. The summed E-state index contributed by atoms with van der Waals surface area (Å²) in [5.41, 5.74) is 0.843. The number of nitrogens with one attached hydrogen (secondary N) is 2. The summed E-state index contributed by atoms with van der Waals surface area (Å²) < 4.78 is 0. The van der Waals surface area contributed by atoms with Crippen molar-refractivity contribution in [3.05, 3.63) is 42.5 Å². The number of urea groups is 1. The fourth-order valence-electron chi connectivity index (χ4n) is 4.44. The van der Waals surface area contributed by atoms with Crippen molar-refractivity contribution in [2.24, 2.45) is 5.92 Å². The van der Waals surface area contributed by atoms with Crippen LogP contribution in [0.3, 0.4) is 0 Å². The van der Waals surface area contributed by atoms with Crippen LogP contribution in [0.15, 0.2) is 42.5 Å². The SMILES string of the molecule is O=C(NC1CCN(C(=O)Nc2cccc3ccccc23)CC1)C1CCCCC1. The molecule has 0 bridgehead atoms. The van der Waals surface area contributed by atoms with Gasteiger partial charge in [0, 0.05) is 30.4 Å². The zero-order chi connectivity index (χ0) is 19.3. The number of benzene rings is 2. The Morgan fingerprint density at radius 3 is 2.36 bits per heavy atom. The number of likely N-dealkylation sites (tertiary alicyclic amines) is 1. The number of fused-ring (bicyclic) bond motifs is 1. The van der Waals surface area contributed by atoms with E-state index in [0.29, 0.717) is 13.1 Å². The highest BCUT2D eigenvalue weighted by Crippen LogP contribution is 2.25. The van der Waals surface area contributed by atoms with Crippen molar-refractivity contribution in [1.29, 1.82) is 0 Å². The molecule has 2 aromatic rings.